The second-order valence-electron chi connectivity index (χ2n) is 6.59. The molecule has 0 bridgehead atoms. The highest BCUT2D eigenvalue weighted by Crippen LogP contribution is 2.25. The van der Waals surface area contributed by atoms with Crippen molar-refractivity contribution >= 4 is 0 Å². The highest BCUT2D eigenvalue weighted by atomic mass is 16.5. The summed E-state index contributed by atoms with van der Waals surface area (Å²) in [7, 11) is 0. The molecule has 0 aromatic heterocycles. The zero-order valence-electron chi connectivity index (χ0n) is 12.8. The first-order valence-corrected chi connectivity index (χ1v) is 8.50. The Morgan fingerprint density at radius 3 is 2.48 bits per heavy atom. The summed E-state index contributed by atoms with van der Waals surface area (Å²) in [6, 6.07) is 11.8. The lowest BCUT2D eigenvalue weighted by Gasteiger charge is -2.35. The maximum atomic E-state index is 6.22. The van der Waals surface area contributed by atoms with Gasteiger partial charge in [0.1, 0.15) is 0 Å². The van der Waals surface area contributed by atoms with Gasteiger partial charge in [0.05, 0.1) is 12.7 Å². The molecule has 2 aliphatic carbocycles. The van der Waals surface area contributed by atoms with Crippen molar-refractivity contribution in [2.75, 3.05) is 0 Å². The third kappa shape index (κ3) is 4.06. The van der Waals surface area contributed by atoms with Crippen LogP contribution in [0.15, 0.2) is 30.3 Å². The molecule has 1 aromatic carbocycles. The average Bonchev–Trinajstić information content (AvgIpc) is 2.93. The molecule has 2 aliphatic rings. The standard InChI is InChI=1S/C18H28N2O/c19-15-9-6-11-16(15)20-17-10-4-5-12-18(17)21-13-14-7-2-1-3-8-14/h1-3,7-8,15-18,20H,4-6,9-13,19H2/t15-,16-,17+,18-/m0/s1. The molecule has 0 aliphatic heterocycles. The molecule has 2 fully saturated rings. The average molecular weight is 288 g/mol. The largest absolute Gasteiger partial charge is 0.372 e. The van der Waals surface area contributed by atoms with E-state index in [0.717, 1.165) is 6.61 Å². The molecule has 3 heteroatoms. The Morgan fingerprint density at radius 2 is 1.71 bits per heavy atom. The first-order valence-electron chi connectivity index (χ1n) is 8.50. The zero-order valence-corrected chi connectivity index (χ0v) is 12.8. The van der Waals surface area contributed by atoms with Gasteiger partial charge < -0.3 is 15.8 Å². The van der Waals surface area contributed by atoms with Crippen molar-refractivity contribution in [2.24, 2.45) is 5.73 Å². The summed E-state index contributed by atoms with van der Waals surface area (Å²) >= 11 is 0. The van der Waals surface area contributed by atoms with E-state index in [1.165, 1.54) is 50.5 Å². The van der Waals surface area contributed by atoms with E-state index in [9.17, 15) is 0 Å². The Labute approximate surface area is 128 Å². The highest BCUT2D eigenvalue weighted by molar-refractivity contribution is 5.13. The first kappa shape index (κ1) is 15.0. The normalized spacial score (nSPS) is 33.2. The lowest BCUT2D eigenvalue weighted by atomic mass is 9.91. The predicted molar refractivity (Wildman–Crippen MR) is 86.0 cm³/mol. The lowest BCUT2D eigenvalue weighted by molar-refractivity contribution is -0.00861. The van der Waals surface area contributed by atoms with Crippen LogP contribution in [0.25, 0.3) is 0 Å². The van der Waals surface area contributed by atoms with Gasteiger partial charge in [0.2, 0.25) is 0 Å². The van der Waals surface area contributed by atoms with Crippen LogP contribution in [0, 0.1) is 0 Å². The maximum Gasteiger partial charge on any atom is 0.0732 e. The fourth-order valence-electron chi connectivity index (χ4n) is 3.74. The smallest absolute Gasteiger partial charge is 0.0732 e. The quantitative estimate of drug-likeness (QED) is 0.875. The van der Waals surface area contributed by atoms with Crippen molar-refractivity contribution in [3.63, 3.8) is 0 Å². The van der Waals surface area contributed by atoms with E-state index in [0.29, 0.717) is 24.2 Å². The van der Waals surface area contributed by atoms with E-state index in [4.69, 9.17) is 10.5 Å². The minimum Gasteiger partial charge on any atom is -0.372 e. The third-order valence-electron chi connectivity index (χ3n) is 5.01. The molecule has 1 aromatic rings. The summed E-state index contributed by atoms with van der Waals surface area (Å²) in [5, 5.41) is 3.80. The molecule has 4 atom stereocenters. The number of hydrogen-bond acceptors (Lipinski definition) is 3. The monoisotopic (exact) mass is 288 g/mol. The second-order valence-corrected chi connectivity index (χ2v) is 6.59. The van der Waals surface area contributed by atoms with Gasteiger partial charge in [0.25, 0.3) is 0 Å². The number of nitrogens with two attached hydrogens (primary N) is 1. The number of benzene rings is 1. The SMILES string of the molecule is N[C@H]1CCC[C@@H]1N[C@@H]1CCCC[C@@H]1OCc1ccccc1. The van der Waals surface area contributed by atoms with Crippen LogP contribution >= 0.6 is 0 Å². The molecule has 0 unspecified atom stereocenters. The molecule has 0 amide bonds. The summed E-state index contributed by atoms with van der Waals surface area (Å²) in [6.07, 6.45) is 8.99. The first-order chi connectivity index (χ1) is 10.3. The predicted octanol–water partition coefficient (Wildman–Crippen LogP) is 2.98. The fraction of sp³-hybridized carbons (Fsp3) is 0.667. The van der Waals surface area contributed by atoms with E-state index in [1.807, 2.05) is 0 Å². The van der Waals surface area contributed by atoms with Gasteiger partial charge in [-0.2, -0.15) is 0 Å². The third-order valence-corrected chi connectivity index (χ3v) is 5.01. The van der Waals surface area contributed by atoms with Gasteiger partial charge in [-0.05, 0) is 31.2 Å². The molecule has 3 rings (SSSR count). The molecule has 0 spiro atoms. The fourth-order valence-corrected chi connectivity index (χ4v) is 3.74. The van der Waals surface area contributed by atoms with Crippen molar-refractivity contribution in [2.45, 2.75) is 75.8 Å². The summed E-state index contributed by atoms with van der Waals surface area (Å²) in [4.78, 5) is 0. The zero-order chi connectivity index (χ0) is 14.5. The lowest BCUT2D eigenvalue weighted by Crippen LogP contribution is -2.52. The maximum absolute atomic E-state index is 6.22. The van der Waals surface area contributed by atoms with Crippen LogP contribution in [0.5, 0.6) is 0 Å². The van der Waals surface area contributed by atoms with Crippen molar-refractivity contribution < 1.29 is 4.74 Å². The molecule has 3 N–H and O–H groups in total. The van der Waals surface area contributed by atoms with Gasteiger partial charge in [-0.1, -0.05) is 49.6 Å². The van der Waals surface area contributed by atoms with Gasteiger partial charge in [-0.25, -0.2) is 0 Å². The molecular formula is C18H28N2O. The number of hydrogen-bond donors (Lipinski definition) is 2. The van der Waals surface area contributed by atoms with Crippen LogP contribution in [-0.2, 0) is 11.3 Å². The Balaban J connectivity index is 1.54. The van der Waals surface area contributed by atoms with Crippen LogP contribution in [0.1, 0.15) is 50.5 Å². The Bertz CT molecular complexity index is 422. The van der Waals surface area contributed by atoms with Crippen LogP contribution in [0.2, 0.25) is 0 Å². The summed E-state index contributed by atoms with van der Waals surface area (Å²) in [5.74, 6) is 0. The van der Waals surface area contributed by atoms with Crippen molar-refractivity contribution in [1.82, 2.24) is 5.32 Å². The molecular weight excluding hydrogens is 260 g/mol. The Kier molecular flexibility index (Phi) is 5.28. The molecule has 116 valence electrons. The molecule has 2 saturated carbocycles. The second kappa shape index (κ2) is 7.39. The molecule has 0 heterocycles. The number of nitrogens with one attached hydrogen (secondary N) is 1. The number of ether oxygens (including phenoxy) is 1. The summed E-state index contributed by atoms with van der Waals surface area (Å²) < 4.78 is 6.22. The van der Waals surface area contributed by atoms with Crippen LogP contribution in [0.4, 0.5) is 0 Å². The molecule has 3 nitrogen and oxygen atoms in total. The van der Waals surface area contributed by atoms with Gasteiger partial charge in [-0.3, -0.25) is 0 Å². The van der Waals surface area contributed by atoms with Crippen molar-refractivity contribution in [3.05, 3.63) is 35.9 Å². The summed E-state index contributed by atoms with van der Waals surface area (Å²) in [5.41, 5.74) is 7.47. The Morgan fingerprint density at radius 1 is 0.952 bits per heavy atom. The minimum atomic E-state index is 0.335. The minimum absolute atomic E-state index is 0.335. The van der Waals surface area contributed by atoms with Crippen molar-refractivity contribution in [1.29, 1.82) is 0 Å². The molecule has 0 radical (unpaired) electrons. The topological polar surface area (TPSA) is 47.3 Å². The van der Waals surface area contributed by atoms with Gasteiger partial charge in [0.15, 0.2) is 0 Å². The number of rotatable bonds is 5. The van der Waals surface area contributed by atoms with E-state index in [-0.39, 0.29) is 0 Å². The Hall–Kier alpha value is -0.900. The van der Waals surface area contributed by atoms with E-state index in [2.05, 4.69) is 35.6 Å². The van der Waals surface area contributed by atoms with Gasteiger partial charge in [0, 0.05) is 18.1 Å². The van der Waals surface area contributed by atoms with Crippen LogP contribution in [-0.4, -0.2) is 24.2 Å². The van der Waals surface area contributed by atoms with Crippen LogP contribution < -0.4 is 11.1 Å². The summed E-state index contributed by atoms with van der Waals surface area (Å²) in [6.45, 7) is 0.723. The molecule has 21 heavy (non-hydrogen) atoms. The van der Waals surface area contributed by atoms with Crippen LogP contribution in [0.3, 0.4) is 0 Å². The van der Waals surface area contributed by atoms with E-state index in [1.54, 1.807) is 0 Å². The van der Waals surface area contributed by atoms with Crippen molar-refractivity contribution in [3.8, 4) is 0 Å². The van der Waals surface area contributed by atoms with Gasteiger partial charge >= 0.3 is 0 Å². The highest BCUT2D eigenvalue weighted by Gasteiger charge is 2.31. The van der Waals surface area contributed by atoms with Gasteiger partial charge in [-0.15, -0.1) is 0 Å². The molecule has 0 saturated heterocycles. The van der Waals surface area contributed by atoms with E-state index < -0.39 is 0 Å². The van der Waals surface area contributed by atoms with E-state index >= 15 is 0 Å².